The van der Waals surface area contributed by atoms with Crippen molar-refractivity contribution in [3.8, 4) is 0 Å². The second-order valence-corrected chi connectivity index (χ2v) is 13.1. The minimum Gasteiger partial charge on any atom is -0.391 e. The minimum atomic E-state index is -0.275. The molecule has 1 aliphatic carbocycles. The minimum absolute atomic E-state index is 0.153. The van der Waals surface area contributed by atoms with Gasteiger partial charge in [0.1, 0.15) is 0 Å². The third kappa shape index (κ3) is 6.24. The number of β-amino-alcohol motifs (C(OH)–C–C–N with tert-alkyl or cyclic N) is 1. The van der Waals surface area contributed by atoms with E-state index in [0.717, 1.165) is 98.4 Å². The van der Waals surface area contributed by atoms with Crippen LogP contribution in [-0.4, -0.2) is 69.4 Å². The van der Waals surface area contributed by atoms with Crippen molar-refractivity contribution in [2.45, 2.75) is 77.1 Å². The molecule has 2 saturated heterocycles. The van der Waals surface area contributed by atoms with Gasteiger partial charge < -0.3 is 19.5 Å². The molecule has 8 nitrogen and oxygen atoms in total. The van der Waals surface area contributed by atoms with E-state index in [0.29, 0.717) is 25.0 Å². The molecule has 3 aromatic heterocycles. The van der Waals surface area contributed by atoms with E-state index in [1.165, 1.54) is 11.3 Å². The highest BCUT2D eigenvalue weighted by molar-refractivity contribution is 5.83. The zero-order chi connectivity index (χ0) is 30.2. The van der Waals surface area contributed by atoms with Crippen molar-refractivity contribution < 1.29 is 5.11 Å². The highest BCUT2D eigenvalue weighted by Gasteiger charge is 2.29. The fraction of sp³-hybridized carbons (Fsp3) is 0.472. The van der Waals surface area contributed by atoms with Crippen LogP contribution < -0.4 is 15.2 Å². The van der Waals surface area contributed by atoms with Crippen molar-refractivity contribution in [3.05, 3.63) is 93.8 Å². The van der Waals surface area contributed by atoms with Gasteiger partial charge in [-0.05, 0) is 100 Å². The van der Waals surface area contributed by atoms with E-state index >= 15 is 0 Å². The Morgan fingerprint density at radius 2 is 1.75 bits per heavy atom. The Morgan fingerprint density at radius 3 is 2.50 bits per heavy atom. The second-order valence-electron chi connectivity index (χ2n) is 13.1. The van der Waals surface area contributed by atoms with Crippen LogP contribution in [0.1, 0.15) is 60.7 Å². The molecule has 2 aliphatic heterocycles. The molecule has 8 heteroatoms. The molecular weight excluding hydrogens is 548 g/mol. The fourth-order valence-corrected chi connectivity index (χ4v) is 7.13. The van der Waals surface area contributed by atoms with Crippen molar-refractivity contribution in [2.75, 3.05) is 42.5 Å². The molecule has 230 valence electrons. The highest BCUT2D eigenvalue weighted by Crippen LogP contribution is 2.38. The lowest BCUT2D eigenvalue weighted by Crippen LogP contribution is -2.48. The number of pyridine rings is 3. The third-order valence-corrected chi connectivity index (χ3v) is 9.75. The molecule has 0 spiro atoms. The number of fused-ring (bicyclic) bond motifs is 1. The third-order valence-electron chi connectivity index (χ3n) is 9.75. The second kappa shape index (κ2) is 12.3. The number of piperidine rings is 1. The highest BCUT2D eigenvalue weighted by atomic mass is 16.3. The Morgan fingerprint density at radius 1 is 0.909 bits per heavy atom. The smallest absolute Gasteiger partial charge is 0.192 e. The quantitative estimate of drug-likeness (QED) is 0.292. The number of anilines is 2. The number of benzene rings is 1. The van der Waals surface area contributed by atoms with Crippen LogP contribution in [0, 0.1) is 13.8 Å². The summed E-state index contributed by atoms with van der Waals surface area (Å²) in [5.74, 6) is 0. The normalized spacial score (nSPS) is 20.6. The van der Waals surface area contributed by atoms with Crippen LogP contribution in [-0.2, 0) is 13.0 Å². The predicted octanol–water partition coefficient (Wildman–Crippen LogP) is 5.03. The molecule has 0 amide bonds. The van der Waals surface area contributed by atoms with Crippen molar-refractivity contribution in [1.82, 2.24) is 19.4 Å². The van der Waals surface area contributed by atoms with Gasteiger partial charge in [0.15, 0.2) is 5.43 Å². The lowest BCUT2D eigenvalue weighted by molar-refractivity contribution is 0.169. The first kappa shape index (κ1) is 29.0. The van der Waals surface area contributed by atoms with E-state index < -0.39 is 0 Å². The van der Waals surface area contributed by atoms with Gasteiger partial charge in [-0.2, -0.15) is 0 Å². The molecule has 3 aliphatic rings. The summed E-state index contributed by atoms with van der Waals surface area (Å²) in [4.78, 5) is 30.2. The topological polar surface area (TPSA) is 77.7 Å². The number of aromatic nitrogens is 3. The number of aliphatic hydroxyl groups is 1. The number of nitrogens with zero attached hydrogens (tertiary/aromatic N) is 6. The average molecular weight is 593 g/mol. The Labute approximate surface area is 260 Å². The molecule has 5 heterocycles. The number of hydrogen-bond donors (Lipinski definition) is 1. The van der Waals surface area contributed by atoms with Crippen molar-refractivity contribution in [1.29, 1.82) is 0 Å². The molecule has 0 radical (unpaired) electrons. The van der Waals surface area contributed by atoms with Gasteiger partial charge in [0.05, 0.1) is 23.5 Å². The van der Waals surface area contributed by atoms with E-state index in [1.54, 1.807) is 0 Å². The molecule has 0 unspecified atom stereocenters. The maximum Gasteiger partial charge on any atom is 0.192 e. The van der Waals surface area contributed by atoms with Gasteiger partial charge in [0, 0.05) is 91.8 Å². The molecule has 7 rings (SSSR count). The van der Waals surface area contributed by atoms with Crippen molar-refractivity contribution in [2.24, 2.45) is 0 Å². The van der Waals surface area contributed by atoms with E-state index in [-0.39, 0.29) is 11.5 Å². The number of aliphatic hydroxyl groups excluding tert-OH is 1. The maximum atomic E-state index is 14.0. The van der Waals surface area contributed by atoms with Gasteiger partial charge in [-0.3, -0.25) is 19.7 Å². The van der Waals surface area contributed by atoms with Crippen LogP contribution in [0.25, 0.3) is 10.9 Å². The van der Waals surface area contributed by atoms with E-state index in [4.69, 9.17) is 0 Å². The summed E-state index contributed by atoms with van der Waals surface area (Å²) in [5.41, 5.74) is 7.70. The lowest BCUT2D eigenvalue weighted by atomic mass is 10.0. The van der Waals surface area contributed by atoms with Crippen LogP contribution in [0.15, 0.2) is 65.8 Å². The summed E-state index contributed by atoms with van der Waals surface area (Å²) in [7, 11) is 0. The van der Waals surface area contributed by atoms with Gasteiger partial charge in [-0.1, -0.05) is 0 Å². The molecule has 44 heavy (non-hydrogen) atoms. The standard InChI is InChI=1S/C36H44N6O2/c1-25-5-6-31(20-38-25)39-15-3-4-32(23-39)40(21-27-11-14-37-26(2)18-27)16-12-28-22-42(29-7-8-29)35-19-30(9-10-34(35)36(28)44)41-17-13-33(43)24-41/h5-6,9-11,14,18-20,22,29,32-33,43H,3-4,7-8,12-13,15-17,21,23-24H2,1-2H3/t32-,33+/m0/s1. The van der Waals surface area contributed by atoms with Crippen molar-refractivity contribution in [3.63, 3.8) is 0 Å². The molecule has 4 aromatic rings. The van der Waals surface area contributed by atoms with E-state index in [2.05, 4.69) is 71.8 Å². The monoisotopic (exact) mass is 592 g/mol. The summed E-state index contributed by atoms with van der Waals surface area (Å²) in [5, 5.41) is 10.9. The fourth-order valence-electron chi connectivity index (χ4n) is 7.13. The molecule has 1 N–H and O–H groups in total. The summed E-state index contributed by atoms with van der Waals surface area (Å²) in [6.07, 6.45) is 11.9. The summed E-state index contributed by atoms with van der Waals surface area (Å²) >= 11 is 0. The van der Waals surface area contributed by atoms with Crippen LogP contribution in [0.4, 0.5) is 11.4 Å². The number of aryl methyl sites for hydroxylation is 2. The van der Waals surface area contributed by atoms with Crippen LogP contribution in [0.2, 0.25) is 0 Å². The molecule has 2 atom stereocenters. The molecule has 0 bridgehead atoms. The SMILES string of the molecule is Cc1ccc(N2CCC[C@H](N(CCc3cn(C4CC4)c4cc(N5CC[C@@H](O)C5)ccc4c3=O)Cc3ccnc(C)c3)C2)cn1. The Kier molecular flexibility index (Phi) is 8.12. The van der Waals surface area contributed by atoms with E-state index in [1.807, 2.05) is 32.3 Å². The summed E-state index contributed by atoms with van der Waals surface area (Å²) < 4.78 is 2.37. The van der Waals surface area contributed by atoms with Crippen LogP contribution >= 0.6 is 0 Å². The van der Waals surface area contributed by atoms with Gasteiger partial charge in [-0.25, -0.2) is 0 Å². The Hall–Kier alpha value is -3.75. The first-order chi connectivity index (χ1) is 21.4. The van der Waals surface area contributed by atoms with Crippen molar-refractivity contribution >= 4 is 22.3 Å². The van der Waals surface area contributed by atoms with Gasteiger partial charge in [0.25, 0.3) is 0 Å². The molecule has 1 aromatic carbocycles. The lowest BCUT2D eigenvalue weighted by Gasteiger charge is -2.40. The predicted molar refractivity (Wildman–Crippen MR) is 177 cm³/mol. The summed E-state index contributed by atoms with van der Waals surface area (Å²) in [6.45, 7) is 9.24. The largest absolute Gasteiger partial charge is 0.391 e. The molecule has 3 fully saturated rings. The Balaban J connectivity index is 1.16. The average Bonchev–Trinajstić information content (AvgIpc) is 3.79. The van der Waals surface area contributed by atoms with Gasteiger partial charge in [0.2, 0.25) is 0 Å². The zero-order valence-corrected chi connectivity index (χ0v) is 26.0. The Bertz CT molecular complexity index is 1680. The van der Waals surface area contributed by atoms with Crippen LogP contribution in [0.5, 0.6) is 0 Å². The van der Waals surface area contributed by atoms with E-state index in [9.17, 15) is 9.90 Å². The first-order valence-corrected chi connectivity index (χ1v) is 16.4. The van der Waals surface area contributed by atoms with Gasteiger partial charge >= 0.3 is 0 Å². The zero-order valence-electron chi connectivity index (χ0n) is 26.0. The van der Waals surface area contributed by atoms with Crippen LogP contribution in [0.3, 0.4) is 0 Å². The number of rotatable bonds is 9. The van der Waals surface area contributed by atoms with Gasteiger partial charge in [-0.15, -0.1) is 0 Å². The first-order valence-electron chi connectivity index (χ1n) is 16.4. The number of hydrogen-bond acceptors (Lipinski definition) is 7. The maximum absolute atomic E-state index is 14.0. The molecule has 1 saturated carbocycles. The molecular formula is C36H44N6O2. The summed E-state index contributed by atoms with van der Waals surface area (Å²) in [6, 6.07) is 15.7.